The molecule has 0 saturated heterocycles. The quantitative estimate of drug-likeness (QED) is 0.816. The molecule has 1 aromatic heterocycles. The van der Waals surface area contributed by atoms with E-state index in [1.54, 1.807) is 36.7 Å². The summed E-state index contributed by atoms with van der Waals surface area (Å²) in [5.41, 5.74) is 1.28. The number of aromatic nitrogens is 1. The molecule has 0 aliphatic rings. The number of ketones is 1. The maximum Gasteiger partial charge on any atom is 0.165 e. The predicted molar refractivity (Wildman–Crippen MR) is 64.6 cm³/mol. The maximum atomic E-state index is 11.8. The molecule has 2 rings (SSSR count). The van der Waals surface area contributed by atoms with Gasteiger partial charge >= 0.3 is 0 Å². The van der Waals surface area contributed by atoms with Gasteiger partial charge in [0.15, 0.2) is 5.78 Å². The van der Waals surface area contributed by atoms with Crippen LogP contribution in [0.5, 0.6) is 0 Å². The predicted octanol–water partition coefficient (Wildman–Crippen LogP) is 2.39. The summed E-state index contributed by atoms with van der Waals surface area (Å²) in [6.07, 6.45) is 2.49. The molecule has 0 aliphatic carbocycles. The highest BCUT2D eigenvalue weighted by atomic mass is 16.3. The largest absolute Gasteiger partial charge is 0.388 e. The number of carbonyl (C=O) groups excluding carboxylic acids is 1. The van der Waals surface area contributed by atoms with Gasteiger partial charge in [0, 0.05) is 24.4 Å². The van der Waals surface area contributed by atoms with Gasteiger partial charge in [-0.2, -0.15) is 0 Å². The first kappa shape index (κ1) is 11.5. The molecule has 1 aromatic carbocycles. The number of hydrogen-bond donors (Lipinski definition) is 1. The first-order chi connectivity index (χ1) is 8.27. The summed E-state index contributed by atoms with van der Waals surface area (Å²) in [7, 11) is 0. The van der Waals surface area contributed by atoms with Crippen LogP contribution in [0, 0.1) is 0 Å². The van der Waals surface area contributed by atoms with Crippen LogP contribution in [0.4, 0.5) is 0 Å². The van der Waals surface area contributed by atoms with Crippen molar-refractivity contribution in [2.45, 2.75) is 12.5 Å². The summed E-state index contributed by atoms with van der Waals surface area (Å²) in [4.78, 5) is 15.8. The van der Waals surface area contributed by atoms with Crippen LogP contribution in [0.3, 0.4) is 0 Å². The third-order valence-electron chi connectivity index (χ3n) is 2.54. The molecule has 3 heteroatoms. The number of Topliss-reactive ketones (excluding diaryl/α,β-unsaturated/α-hetero) is 1. The van der Waals surface area contributed by atoms with E-state index in [1.165, 1.54) is 0 Å². The summed E-state index contributed by atoms with van der Waals surface area (Å²) >= 11 is 0. The van der Waals surface area contributed by atoms with Gasteiger partial charge in [-0.05, 0) is 11.6 Å². The van der Waals surface area contributed by atoms with Gasteiger partial charge in [-0.3, -0.25) is 9.78 Å². The summed E-state index contributed by atoms with van der Waals surface area (Å²) in [6, 6.07) is 12.5. The third-order valence-corrected chi connectivity index (χ3v) is 2.54. The number of benzene rings is 1. The molecule has 0 fully saturated rings. The van der Waals surface area contributed by atoms with E-state index in [0.717, 1.165) is 0 Å². The Morgan fingerprint density at radius 1 is 1.18 bits per heavy atom. The number of aliphatic hydroxyl groups excluding tert-OH is 1. The lowest BCUT2D eigenvalue weighted by Crippen LogP contribution is -2.07. The second-order valence-electron chi connectivity index (χ2n) is 3.80. The number of carbonyl (C=O) groups is 1. The highest BCUT2D eigenvalue weighted by molar-refractivity contribution is 5.96. The Balaban J connectivity index is 2.05. The summed E-state index contributed by atoms with van der Waals surface area (Å²) in [5, 5.41) is 9.89. The van der Waals surface area contributed by atoms with Crippen LogP contribution in [0.1, 0.15) is 28.4 Å². The number of pyridine rings is 1. The van der Waals surface area contributed by atoms with Crippen LogP contribution in [-0.4, -0.2) is 15.9 Å². The fraction of sp³-hybridized carbons (Fsp3) is 0.143. The lowest BCUT2D eigenvalue weighted by molar-refractivity contribution is 0.0880. The van der Waals surface area contributed by atoms with Gasteiger partial charge in [0.1, 0.15) is 0 Å². The molecule has 1 unspecified atom stereocenters. The van der Waals surface area contributed by atoms with Gasteiger partial charge < -0.3 is 5.11 Å². The molecule has 17 heavy (non-hydrogen) atoms. The zero-order chi connectivity index (χ0) is 12.1. The smallest absolute Gasteiger partial charge is 0.165 e. The Labute approximate surface area is 99.8 Å². The second-order valence-corrected chi connectivity index (χ2v) is 3.80. The fourth-order valence-electron chi connectivity index (χ4n) is 1.61. The van der Waals surface area contributed by atoms with Crippen LogP contribution < -0.4 is 0 Å². The molecule has 1 atom stereocenters. The average Bonchev–Trinajstić information content (AvgIpc) is 2.40. The minimum Gasteiger partial charge on any atom is -0.388 e. The lowest BCUT2D eigenvalue weighted by Gasteiger charge is -2.09. The van der Waals surface area contributed by atoms with Gasteiger partial charge in [-0.15, -0.1) is 0 Å². The molecular weight excluding hydrogens is 214 g/mol. The van der Waals surface area contributed by atoms with Crippen molar-refractivity contribution in [2.75, 3.05) is 0 Å². The molecule has 0 spiro atoms. The van der Waals surface area contributed by atoms with Gasteiger partial charge in [0.25, 0.3) is 0 Å². The first-order valence-electron chi connectivity index (χ1n) is 5.43. The van der Waals surface area contributed by atoms with E-state index in [2.05, 4.69) is 4.98 Å². The Kier molecular flexibility index (Phi) is 3.62. The SMILES string of the molecule is O=C(CC(O)c1cccnc1)c1ccccc1. The molecule has 0 aliphatic heterocycles. The molecule has 0 radical (unpaired) electrons. The van der Waals surface area contributed by atoms with Gasteiger partial charge in [-0.1, -0.05) is 36.4 Å². The number of hydrogen-bond acceptors (Lipinski definition) is 3. The number of aliphatic hydroxyl groups is 1. The number of nitrogens with zero attached hydrogens (tertiary/aromatic N) is 1. The summed E-state index contributed by atoms with van der Waals surface area (Å²) in [5.74, 6) is -0.0676. The third kappa shape index (κ3) is 2.98. The molecule has 1 heterocycles. The molecular formula is C14H13NO2. The van der Waals surface area contributed by atoms with Crippen LogP contribution in [0.15, 0.2) is 54.9 Å². The molecule has 0 bridgehead atoms. The van der Waals surface area contributed by atoms with Crippen LogP contribution in [-0.2, 0) is 0 Å². The van der Waals surface area contributed by atoms with E-state index in [1.807, 2.05) is 18.2 Å². The normalized spacial score (nSPS) is 12.1. The summed E-state index contributed by atoms with van der Waals surface area (Å²) < 4.78 is 0. The van der Waals surface area contributed by atoms with E-state index < -0.39 is 6.10 Å². The van der Waals surface area contributed by atoms with Crippen molar-refractivity contribution in [2.24, 2.45) is 0 Å². The van der Waals surface area contributed by atoms with E-state index >= 15 is 0 Å². The van der Waals surface area contributed by atoms with Crippen molar-refractivity contribution >= 4 is 5.78 Å². The maximum absolute atomic E-state index is 11.8. The van der Waals surface area contributed by atoms with E-state index in [9.17, 15) is 9.90 Å². The highest BCUT2D eigenvalue weighted by Gasteiger charge is 2.14. The zero-order valence-electron chi connectivity index (χ0n) is 9.28. The Bertz CT molecular complexity index is 482. The lowest BCUT2D eigenvalue weighted by atomic mass is 10.0. The first-order valence-corrected chi connectivity index (χ1v) is 5.43. The number of rotatable bonds is 4. The Hall–Kier alpha value is -2.00. The highest BCUT2D eigenvalue weighted by Crippen LogP contribution is 2.17. The Morgan fingerprint density at radius 3 is 2.59 bits per heavy atom. The van der Waals surface area contributed by atoms with Gasteiger partial charge in [0.05, 0.1) is 6.10 Å². The van der Waals surface area contributed by atoms with Crippen molar-refractivity contribution in [1.82, 2.24) is 4.98 Å². The molecule has 1 N–H and O–H groups in total. The van der Waals surface area contributed by atoms with Crippen LogP contribution >= 0.6 is 0 Å². The van der Waals surface area contributed by atoms with E-state index in [4.69, 9.17) is 0 Å². The van der Waals surface area contributed by atoms with Gasteiger partial charge in [-0.25, -0.2) is 0 Å². The van der Waals surface area contributed by atoms with E-state index in [0.29, 0.717) is 11.1 Å². The van der Waals surface area contributed by atoms with Crippen LogP contribution in [0.25, 0.3) is 0 Å². The molecule has 0 amide bonds. The van der Waals surface area contributed by atoms with Crippen molar-refractivity contribution in [3.05, 3.63) is 66.0 Å². The second kappa shape index (κ2) is 5.37. The standard InChI is InChI=1S/C14H13NO2/c16-13(11-5-2-1-3-6-11)9-14(17)12-7-4-8-15-10-12/h1-8,10,14,17H,9H2. The monoisotopic (exact) mass is 227 g/mol. The summed E-state index contributed by atoms with van der Waals surface area (Å²) in [6.45, 7) is 0. The average molecular weight is 227 g/mol. The topological polar surface area (TPSA) is 50.2 Å². The minimum atomic E-state index is -0.795. The van der Waals surface area contributed by atoms with Crippen molar-refractivity contribution < 1.29 is 9.90 Å². The van der Waals surface area contributed by atoms with E-state index in [-0.39, 0.29) is 12.2 Å². The van der Waals surface area contributed by atoms with Gasteiger partial charge in [0.2, 0.25) is 0 Å². The molecule has 2 aromatic rings. The van der Waals surface area contributed by atoms with Crippen molar-refractivity contribution in [1.29, 1.82) is 0 Å². The van der Waals surface area contributed by atoms with Crippen molar-refractivity contribution in [3.63, 3.8) is 0 Å². The van der Waals surface area contributed by atoms with Crippen molar-refractivity contribution in [3.8, 4) is 0 Å². The minimum absolute atomic E-state index is 0.0676. The molecule has 86 valence electrons. The molecule has 3 nitrogen and oxygen atoms in total. The molecule has 0 saturated carbocycles. The fourth-order valence-corrected chi connectivity index (χ4v) is 1.61. The van der Waals surface area contributed by atoms with Crippen LogP contribution in [0.2, 0.25) is 0 Å². The Morgan fingerprint density at radius 2 is 1.94 bits per heavy atom. The zero-order valence-corrected chi connectivity index (χ0v) is 9.28.